The number of furan rings is 1. The van der Waals surface area contributed by atoms with Crippen molar-refractivity contribution < 1.29 is 18.3 Å². The highest BCUT2D eigenvalue weighted by Gasteiger charge is 2.14. The second-order valence-electron chi connectivity index (χ2n) is 2.91. The molecule has 0 atom stereocenters. The topological polar surface area (TPSA) is 39.4 Å². The Kier molecular flexibility index (Phi) is 2.48. The molecule has 78 valence electrons. The Labute approximate surface area is 92.9 Å². The van der Waals surface area contributed by atoms with E-state index in [-0.39, 0.29) is 10.9 Å². The predicted molar refractivity (Wildman–Crippen MR) is 55.2 cm³/mol. The number of carbonyl (C=O) groups is 1. The van der Waals surface area contributed by atoms with E-state index in [0.717, 1.165) is 6.26 Å². The molecule has 0 amide bonds. The molecule has 0 saturated carbocycles. The Morgan fingerprint density at radius 3 is 2.93 bits per heavy atom. The van der Waals surface area contributed by atoms with Crippen molar-refractivity contribution in [3.63, 3.8) is 0 Å². The van der Waals surface area contributed by atoms with E-state index in [2.05, 4.69) is 20.7 Å². The summed E-state index contributed by atoms with van der Waals surface area (Å²) in [6, 6.07) is 2.92. The lowest BCUT2D eigenvalue weighted by Crippen LogP contribution is -2.00. The monoisotopic (exact) mass is 272 g/mol. The van der Waals surface area contributed by atoms with Gasteiger partial charge in [-0.3, -0.25) is 0 Å². The van der Waals surface area contributed by atoms with Crippen molar-refractivity contribution in [2.75, 3.05) is 7.11 Å². The average Bonchev–Trinajstić information content (AvgIpc) is 2.60. The van der Waals surface area contributed by atoms with Gasteiger partial charge in [0.2, 0.25) is 0 Å². The van der Waals surface area contributed by atoms with Gasteiger partial charge in [0.05, 0.1) is 22.5 Å². The van der Waals surface area contributed by atoms with E-state index in [1.807, 2.05) is 0 Å². The van der Waals surface area contributed by atoms with Gasteiger partial charge in [-0.1, -0.05) is 0 Å². The molecule has 0 saturated heterocycles. The molecule has 1 aromatic carbocycles. The smallest absolute Gasteiger partial charge is 0.337 e. The van der Waals surface area contributed by atoms with Gasteiger partial charge in [0.25, 0.3) is 0 Å². The van der Waals surface area contributed by atoms with Gasteiger partial charge in [-0.2, -0.15) is 0 Å². The van der Waals surface area contributed by atoms with Crippen LogP contribution in [-0.2, 0) is 4.74 Å². The number of hydrogen-bond acceptors (Lipinski definition) is 3. The maximum atomic E-state index is 13.2. The molecule has 1 heterocycles. The van der Waals surface area contributed by atoms with Crippen LogP contribution >= 0.6 is 15.9 Å². The third kappa shape index (κ3) is 1.63. The zero-order valence-electron chi connectivity index (χ0n) is 7.71. The molecule has 2 aromatic rings. The molecule has 2 rings (SSSR count). The number of ether oxygens (including phenoxy) is 1. The Morgan fingerprint density at radius 1 is 1.53 bits per heavy atom. The summed E-state index contributed by atoms with van der Waals surface area (Å²) in [4.78, 5) is 11.2. The van der Waals surface area contributed by atoms with E-state index < -0.39 is 11.8 Å². The fourth-order valence-corrected chi connectivity index (χ4v) is 1.85. The average molecular weight is 273 g/mol. The highest BCUT2D eigenvalue weighted by Crippen LogP contribution is 2.29. The van der Waals surface area contributed by atoms with Crippen molar-refractivity contribution in [2.24, 2.45) is 0 Å². The van der Waals surface area contributed by atoms with E-state index in [0.29, 0.717) is 10.1 Å². The van der Waals surface area contributed by atoms with E-state index in [1.54, 1.807) is 0 Å². The van der Waals surface area contributed by atoms with Crippen LogP contribution in [0.1, 0.15) is 10.4 Å². The lowest BCUT2D eigenvalue weighted by Gasteiger charge is -2.00. The van der Waals surface area contributed by atoms with Crippen LogP contribution in [0.2, 0.25) is 0 Å². The number of methoxy groups -OCH3 is 1. The van der Waals surface area contributed by atoms with Crippen LogP contribution in [0.15, 0.2) is 27.3 Å². The van der Waals surface area contributed by atoms with E-state index in [9.17, 15) is 9.18 Å². The minimum absolute atomic E-state index is 0.254. The number of rotatable bonds is 1. The van der Waals surface area contributed by atoms with Crippen molar-refractivity contribution in [3.8, 4) is 0 Å². The molecule has 3 nitrogen and oxygen atoms in total. The number of fused-ring (bicyclic) bond motifs is 1. The Bertz CT molecular complexity index is 533. The number of carbonyl (C=O) groups excluding carboxylic acids is 1. The summed E-state index contributed by atoms with van der Waals surface area (Å²) >= 11 is 3.19. The van der Waals surface area contributed by atoms with Crippen molar-refractivity contribution >= 4 is 32.9 Å². The fraction of sp³-hybridized carbons (Fsp3) is 0.100. The predicted octanol–water partition coefficient (Wildman–Crippen LogP) is 3.12. The number of halogens is 2. The summed E-state index contributed by atoms with van der Waals surface area (Å²) in [7, 11) is 1.27. The summed E-state index contributed by atoms with van der Waals surface area (Å²) in [5, 5.41) is 0.254. The number of esters is 1. The van der Waals surface area contributed by atoms with Crippen molar-refractivity contribution in [2.45, 2.75) is 0 Å². The largest absolute Gasteiger partial charge is 0.465 e. The molecule has 0 unspecified atom stereocenters. The molecule has 5 heteroatoms. The lowest BCUT2D eigenvalue weighted by atomic mass is 10.1. The first-order chi connectivity index (χ1) is 7.13. The summed E-state index contributed by atoms with van der Waals surface area (Å²) < 4.78 is 23.2. The van der Waals surface area contributed by atoms with Crippen LogP contribution in [0.3, 0.4) is 0 Å². The molecule has 0 radical (unpaired) electrons. The third-order valence-corrected chi connectivity index (χ3v) is 2.59. The minimum Gasteiger partial charge on any atom is -0.465 e. The maximum Gasteiger partial charge on any atom is 0.337 e. The van der Waals surface area contributed by atoms with Crippen LogP contribution < -0.4 is 0 Å². The van der Waals surface area contributed by atoms with Gasteiger partial charge in [0, 0.05) is 0 Å². The SMILES string of the molecule is COC(=O)c1cc(Br)c2occ(F)c2c1. The zero-order valence-corrected chi connectivity index (χ0v) is 9.30. The van der Waals surface area contributed by atoms with Crippen LogP contribution in [0.25, 0.3) is 11.0 Å². The Hall–Kier alpha value is -1.36. The second-order valence-corrected chi connectivity index (χ2v) is 3.76. The first-order valence-electron chi connectivity index (χ1n) is 4.08. The molecule has 0 aliphatic rings. The third-order valence-electron chi connectivity index (χ3n) is 2.00. The fourth-order valence-electron chi connectivity index (χ4n) is 1.30. The van der Waals surface area contributed by atoms with Gasteiger partial charge in [-0.05, 0) is 28.1 Å². The normalized spacial score (nSPS) is 10.6. The van der Waals surface area contributed by atoms with E-state index in [1.165, 1.54) is 19.2 Å². The summed E-state index contributed by atoms with van der Waals surface area (Å²) in [5.74, 6) is -1.02. The van der Waals surface area contributed by atoms with Gasteiger partial charge in [0.15, 0.2) is 11.4 Å². The maximum absolute atomic E-state index is 13.2. The molecule has 0 N–H and O–H groups in total. The van der Waals surface area contributed by atoms with E-state index in [4.69, 9.17) is 4.42 Å². The highest BCUT2D eigenvalue weighted by atomic mass is 79.9. The molecule has 0 aliphatic heterocycles. The molecule has 0 aliphatic carbocycles. The van der Waals surface area contributed by atoms with Crippen LogP contribution in [0.5, 0.6) is 0 Å². The van der Waals surface area contributed by atoms with Gasteiger partial charge >= 0.3 is 5.97 Å². The molecule has 0 spiro atoms. The van der Waals surface area contributed by atoms with Crippen LogP contribution in [-0.4, -0.2) is 13.1 Å². The standard InChI is InChI=1S/C10H6BrFO3/c1-14-10(13)5-2-6-8(12)4-15-9(6)7(11)3-5/h2-4H,1H3. The lowest BCUT2D eigenvalue weighted by molar-refractivity contribution is 0.0601. The first kappa shape index (κ1) is 10.2. The Morgan fingerprint density at radius 2 is 2.27 bits per heavy atom. The highest BCUT2D eigenvalue weighted by molar-refractivity contribution is 9.10. The van der Waals surface area contributed by atoms with Crippen LogP contribution in [0.4, 0.5) is 4.39 Å². The molecule has 0 bridgehead atoms. The molecule has 1 aromatic heterocycles. The zero-order chi connectivity index (χ0) is 11.0. The number of benzene rings is 1. The Balaban J connectivity index is 2.70. The van der Waals surface area contributed by atoms with Crippen molar-refractivity contribution in [1.29, 1.82) is 0 Å². The van der Waals surface area contributed by atoms with Gasteiger partial charge in [-0.15, -0.1) is 0 Å². The first-order valence-corrected chi connectivity index (χ1v) is 4.87. The summed E-state index contributed by atoms with van der Waals surface area (Å²) in [6.07, 6.45) is 0.997. The molecular weight excluding hydrogens is 267 g/mol. The van der Waals surface area contributed by atoms with Crippen molar-refractivity contribution in [1.82, 2.24) is 0 Å². The quantitative estimate of drug-likeness (QED) is 0.749. The van der Waals surface area contributed by atoms with E-state index >= 15 is 0 Å². The molecule has 0 fully saturated rings. The molecular formula is C10H6BrFO3. The second kappa shape index (κ2) is 3.66. The van der Waals surface area contributed by atoms with Gasteiger partial charge in [-0.25, -0.2) is 9.18 Å². The summed E-state index contributed by atoms with van der Waals surface area (Å²) in [5.41, 5.74) is 0.650. The molecule has 15 heavy (non-hydrogen) atoms. The minimum atomic E-state index is -0.516. The van der Waals surface area contributed by atoms with Crippen molar-refractivity contribution in [3.05, 3.63) is 34.2 Å². The van der Waals surface area contributed by atoms with Crippen LogP contribution in [0, 0.1) is 5.82 Å². The summed E-state index contributed by atoms with van der Waals surface area (Å²) in [6.45, 7) is 0. The van der Waals surface area contributed by atoms with Gasteiger partial charge in [0.1, 0.15) is 6.26 Å². The van der Waals surface area contributed by atoms with Gasteiger partial charge < -0.3 is 9.15 Å². The number of hydrogen-bond donors (Lipinski definition) is 0.